The molecule has 1 aromatic carbocycles. The molecule has 0 aliphatic rings. The standard InChI is InChI=1S/C12H10ClN3O3S/c1-19-11-3-2-8(4-10(11)13)7-20-12-14-5-9(6-15-12)16(17)18/h2-6H,7H2,1H3. The van der Waals surface area contributed by atoms with Gasteiger partial charge in [-0.3, -0.25) is 10.1 Å². The third kappa shape index (κ3) is 3.58. The lowest BCUT2D eigenvalue weighted by molar-refractivity contribution is -0.385. The van der Waals surface area contributed by atoms with Crippen LogP contribution in [0.25, 0.3) is 0 Å². The molecule has 0 saturated heterocycles. The number of nitrogens with zero attached hydrogens (tertiary/aromatic N) is 3. The molecule has 20 heavy (non-hydrogen) atoms. The number of halogens is 1. The summed E-state index contributed by atoms with van der Waals surface area (Å²) in [6.45, 7) is 0. The highest BCUT2D eigenvalue weighted by molar-refractivity contribution is 7.98. The number of nitro groups is 1. The van der Waals surface area contributed by atoms with Crippen molar-refractivity contribution in [1.82, 2.24) is 9.97 Å². The molecule has 0 aliphatic carbocycles. The molecular formula is C12H10ClN3O3S. The lowest BCUT2D eigenvalue weighted by Gasteiger charge is -2.05. The molecule has 2 aromatic rings. The smallest absolute Gasteiger partial charge is 0.305 e. The molecule has 0 saturated carbocycles. The SMILES string of the molecule is COc1ccc(CSc2ncc([N+](=O)[O-])cn2)cc1Cl. The van der Waals surface area contributed by atoms with Crippen molar-refractivity contribution in [2.24, 2.45) is 0 Å². The van der Waals surface area contributed by atoms with Crippen molar-refractivity contribution in [1.29, 1.82) is 0 Å². The van der Waals surface area contributed by atoms with E-state index in [0.717, 1.165) is 5.56 Å². The van der Waals surface area contributed by atoms with Gasteiger partial charge in [-0.1, -0.05) is 29.4 Å². The van der Waals surface area contributed by atoms with Crippen molar-refractivity contribution in [2.45, 2.75) is 10.9 Å². The van der Waals surface area contributed by atoms with Crippen molar-refractivity contribution >= 4 is 29.1 Å². The summed E-state index contributed by atoms with van der Waals surface area (Å²) in [5, 5.41) is 11.5. The van der Waals surface area contributed by atoms with Crippen LogP contribution in [0.4, 0.5) is 5.69 Å². The number of ether oxygens (including phenoxy) is 1. The minimum Gasteiger partial charge on any atom is -0.495 e. The maximum Gasteiger partial charge on any atom is 0.305 e. The number of thioether (sulfide) groups is 1. The number of methoxy groups -OCH3 is 1. The van der Waals surface area contributed by atoms with Gasteiger partial charge >= 0.3 is 5.69 Å². The summed E-state index contributed by atoms with van der Waals surface area (Å²) in [4.78, 5) is 17.8. The summed E-state index contributed by atoms with van der Waals surface area (Å²) >= 11 is 7.40. The number of aromatic nitrogens is 2. The van der Waals surface area contributed by atoms with Crippen LogP contribution in [0.1, 0.15) is 5.56 Å². The molecule has 0 radical (unpaired) electrons. The molecule has 0 unspecified atom stereocenters. The minimum atomic E-state index is -0.530. The Labute approximate surface area is 124 Å². The molecule has 1 aromatic heterocycles. The molecule has 0 atom stereocenters. The fourth-order valence-electron chi connectivity index (χ4n) is 1.43. The van der Waals surface area contributed by atoms with Crippen LogP contribution < -0.4 is 4.74 Å². The first-order valence-corrected chi connectivity index (χ1v) is 6.88. The molecule has 0 spiro atoms. The van der Waals surface area contributed by atoms with Gasteiger partial charge in [-0.2, -0.15) is 0 Å². The van der Waals surface area contributed by atoms with E-state index in [1.807, 2.05) is 6.07 Å². The van der Waals surface area contributed by atoms with Crippen LogP contribution in [0.5, 0.6) is 5.75 Å². The summed E-state index contributed by atoms with van der Waals surface area (Å²) in [6, 6.07) is 5.48. The molecule has 2 rings (SSSR count). The highest BCUT2D eigenvalue weighted by atomic mass is 35.5. The number of hydrogen-bond acceptors (Lipinski definition) is 6. The second-order valence-electron chi connectivity index (χ2n) is 3.74. The minimum absolute atomic E-state index is 0.123. The molecule has 0 bridgehead atoms. The van der Waals surface area contributed by atoms with Crippen LogP contribution in [0.3, 0.4) is 0 Å². The zero-order valence-corrected chi connectivity index (χ0v) is 12.0. The Hall–Kier alpha value is -1.86. The zero-order valence-electron chi connectivity index (χ0n) is 10.4. The molecule has 104 valence electrons. The monoisotopic (exact) mass is 311 g/mol. The van der Waals surface area contributed by atoms with Crippen LogP contribution in [-0.4, -0.2) is 22.0 Å². The van der Waals surface area contributed by atoms with E-state index in [2.05, 4.69) is 9.97 Å². The van der Waals surface area contributed by atoms with Gasteiger partial charge in [0.25, 0.3) is 0 Å². The van der Waals surface area contributed by atoms with Crippen molar-refractivity contribution < 1.29 is 9.66 Å². The van der Waals surface area contributed by atoms with E-state index < -0.39 is 4.92 Å². The van der Waals surface area contributed by atoms with Gasteiger partial charge < -0.3 is 4.74 Å². The predicted molar refractivity (Wildman–Crippen MR) is 76.3 cm³/mol. The Balaban J connectivity index is 2.01. The van der Waals surface area contributed by atoms with E-state index in [0.29, 0.717) is 21.7 Å². The highest BCUT2D eigenvalue weighted by Gasteiger charge is 2.08. The summed E-state index contributed by atoms with van der Waals surface area (Å²) in [5.74, 6) is 1.23. The van der Waals surface area contributed by atoms with Gasteiger partial charge in [0.2, 0.25) is 0 Å². The van der Waals surface area contributed by atoms with Crippen LogP contribution in [0.2, 0.25) is 5.02 Å². The van der Waals surface area contributed by atoms with Crippen LogP contribution in [-0.2, 0) is 5.75 Å². The van der Waals surface area contributed by atoms with Crippen molar-refractivity contribution in [3.05, 3.63) is 51.3 Å². The predicted octanol–water partition coefficient (Wildman–Crippen LogP) is 3.34. The topological polar surface area (TPSA) is 78.2 Å². The lowest BCUT2D eigenvalue weighted by Crippen LogP contribution is -1.93. The first-order valence-electron chi connectivity index (χ1n) is 5.52. The molecular weight excluding hydrogens is 302 g/mol. The van der Waals surface area contributed by atoms with E-state index in [9.17, 15) is 10.1 Å². The van der Waals surface area contributed by atoms with Gasteiger partial charge in [0.15, 0.2) is 5.16 Å². The van der Waals surface area contributed by atoms with Crippen LogP contribution in [0, 0.1) is 10.1 Å². The molecule has 1 heterocycles. The molecule has 0 N–H and O–H groups in total. The Morgan fingerprint density at radius 2 is 2.10 bits per heavy atom. The Bertz CT molecular complexity index is 622. The van der Waals surface area contributed by atoms with E-state index in [-0.39, 0.29) is 5.69 Å². The Kier molecular flexibility index (Phi) is 4.75. The van der Waals surface area contributed by atoms with E-state index >= 15 is 0 Å². The Morgan fingerprint density at radius 1 is 1.40 bits per heavy atom. The van der Waals surface area contributed by atoms with Crippen molar-refractivity contribution in [3.63, 3.8) is 0 Å². The van der Waals surface area contributed by atoms with Gasteiger partial charge in [-0.25, -0.2) is 9.97 Å². The fraction of sp³-hybridized carbons (Fsp3) is 0.167. The van der Waals surface area contributed by atoms with Crippen LogP contribution >= 0.6 is 23.4 Å². The maximum atomic E-state index is 10.5. The van der Waals surface area contributed by atoms with Gasteiger partial charge in [-0.05, 0) is 17.7 Å². The van der Waals surface area contributed by atoms with Gasteiger partial charge in [-0.15, -0.1) is 0 Å². The first kappa shape index (κ1) is 14.5. The third-order valence-electron chi connectivity index (χ3n) is 2.41. The summed E-state index contributed by atoms with van der Waals surface area (Å²) in [5.41, 5.74) is 0.865. The van der Waals surface area contributed by atoms with E-state index in [1.54, 1.807) is 19.2 Å². The average molecular weight is 312 g/mol. The van der Waals surface area contributed by atoms with Gasteiger partial charge in [0.05, 0.1) is 17.1 Å². The molecule has 0 amide bonds. The normalized spacial score (nSPS) is 10.3. The number of rotatable bonds is 5. The summed E-state index contributed by atoms with van der Waals surface area (Å²) < 4.78 is 5.07. The summed E-state index contributed by atoms with van der Waals surface area (Å²) in [6.07, 6.45) is 2.38. The third-order valence-corrected chi connectivity index (χ3v) is 3.65. The quantitative estimate of drug-likeness (QED) is 0.365. The number of hydrogen-bond donors (Lipinski definition) is 0. The summed E-state index contributed by atoms with van der Waals surface area (Å²) in [7, 11) is 1.56. The molecule has 0 fully saturated rings. The van der Waals surface area contributed by atoms with Crippen molar-refractivity contribution in [2.75, 3.05) is 7.11 Å². The fourth-order valence-corrected chi connectivity index (χ4v) is 2.44. The van der Waals surface area contributed by atoms with Gasteiger partial charge in [0, 0.05) is 5.75 Å². The highest BCUT2D eigenvalue weighted by Crippen LogP contribution is 2.28. The lowest BCUT2D eigenvalue weighted by atomic mass is 10.2. The number of benzene rings is 1. The van der Waals surface area contributed by atoms with Crippen molar-refractivity contribution in [3.8, 4) is 5.75 Å². The largest absolute Gasteiger partial charge is 0.495 e. The second-order valence-corrected chi connectivity index (χ2v) is 5.09. The molecule has 8 heteroatoms. The van der Waals surface area contributed by atoms with E-state index in [4.69, 9.17) is 16.3 Å². The van der Waals surface area contributed by atoms with Crippen LogP contribution in [0.15, 0.2) is 35.7 Å². The Morgan fingerprint density at radius 3 is 2.65 bits per heavy atom. The molecule has 6 nitrogen and oxygen atoms in total. The first-order chi connectivity index (χ1) is 9.60. The van der Waals surface area contributed by atoms with Gasteiger partial charge in [0.1, 0.15) is 18.1 Å². The maximum absolute atomic E-state index is 10.5. The average Bonchev–Trinajstić information content (AvgIpc) is 2.45. The molecule has 0 aliphatic heterocycles. The zero-order chi connectivity index (χ0) is 14.5. The van der Waals surface area contributed by atoms with E-state index in [1.165, 1.54) is 24.2 Å². The second kappa shape index (κ2) is 6.53.